The van der Waals surface area contributed by atoms with Crippen LogP contribution in [0.25, 0.3) is 11.3 Å². The number of nitriles is 1. The molecule has 0 radical (unpaired) electrons. The van der Waals surface area contributed by atoms with Crippen LogP contribution >= 0.6 is 0 Å². The van der Waals surface area contributed by atoms with Crippen molar-refractivity contribution in [2.24, 2.45) is 5.73 Å². The molecule has 3 aromatic rings. The molecule has 1 aliphatic rings. The summed E-state index contributed by atoms with van der Waals surface area (Å²) in [6, 6.07) is 13.2. The number of rotatable bonds is 5. The molecular weight excluding hydrogens is 326 g/mol. The highest BCUT2D eigenvalue weighted by atomic mass is 16.5. The van der Waals surface area contributed by atoms with Gasteiger partial charge in [-0.05, 0) is 42.7 Å². The topological polar surface area (TPSA) is 97.7 Å². The number of hydrogen-bond acceptors (Lipinski definition) is 6. The van der Waals surface area contributed by atoms with Crippen LogP contribution in [-0.2, 0) is 6.54 Å². The SMILES string of the molecule is N#Cc1ccc(-c2ccc(CN)cn2)c(Oc2cnnc(C3CC3)c2)c1. The third-order valence-corrected chi connectivity index (χ3v) is 4.32. The Morgan fingerprint density at radius 2 is 2.04 bits per heavy atom. The average Bonchev–Trinajstić information content (AvgIpc) is 3.54. The summed E-state index contributed by atoms with van der Waals surface area (Å²) in [7, 11) is 0. The summed E-state index contributed by atoms with van der Waals surface area (Å²) >= 11 is 0. The number of hydrogen-bond donors (Lipinski definition) is 1. The van der Waals surface area contributed by atoms with Crippen LogP contribution in [0.5, 0.6) is 11.5 Å². The second-order valence-electron chi connectivity index (χ2n) is 6.27. The van der Waals surface area contributed by atoms with Crippen LogP contribution in [0.1, 0.15) is 35.6 Å². The van der Waals surface area contributed by atoms with Crippen LogP contribution < -0.4 is 10.5 Å². The van der Waals surface area contributed by atoms with Crippen molar-refractivity contribution < 1.29 is 4.74 Å². The molecule has 0 spiro atoms. The molecule has 1 saturated carbocycles. The fourth-order valence-electron chi connectivity index (χ4n) is 2.72. The quantitative estimate of drug-likeness (QED) is 0.761. The van der Waals surface area contributed by atoms with Gasteiger partial charge in [-0.1, -0.05) is 6.07 Å². The van der Waals surface area contributed by atoms with Crippen molar-refractivity contribution in [2.45, 2.75) is 25.3 Å². The van der Waals surface area contributed by atoms with E-state index in [9.17, 15) is 5.26 Å². The summed E-state index contributed by atoms with van der Waals surface area (Å²) in [4.78, 5) is 4.46. The summed E-state index contributed by atoms with van der Waals surface area (Å²) in [5, 5.41) is 17.4. The molecule has 128 valence electrons. The molecule has 0 bridgehead atoms. The zero-order chi connectivity index (χ0) is 17.9. The monoisotopic (exact) mass is 343 g/mol. The maximum atomic E-state index is 9.23. The molecule has 0 atom stereocenters. The maximum absolute atomic E-state index is 9.23. The fraction of sp³-hybridized carbons (Fsp3) is 0.200. The van der Waals surface area contributed by atoms with Crippen molar-refractivity contribution in [3.05, 3.63) is 65.6 Å². The van der Waals surface area contributed by atoms with Crippen LogP contribution in [0.2, 0.25) is 0 Å². The van der Waals surface area contributed by atoms with Crippen molar-refractivity contribution >= 4 is 0 Å². The minimum Gasteiger partial charge on any atom is -0.455 e. The van der Waals surface area contributed by atoms with Crippen molar-refractivity contribution in [3.8, 4) is 28.8 Å². The number of nitrogens with zero attached hydrogens (tertiary/aromatic N) is 4. The second kappa shape index (κ2) is 6.90. The lowest BCUT2D eigenvalue weighted by Gasteiger charge is -2.12. The van der Waals surface area contributed by atoms with E-state index < -0.39 is 0 Å². The van der Waals surface area contributed by atoms with Gasteiger partial charge < -0.3 is 10.5 Å². The van der Waals surface area contributed by atoms with E-state index in [1.54, 1.807) is 24.5 Å². The third kappa shape index (κ3) is 3.39. The first kappa shape index (κ1) is 16.2. The van der Waals surface area contributed by atoms with Gasteiger partial charge in [0.2, 0.25) is 0 Å². The largest absolute Gasteiger partial charge is 0.455 e. The molecule has 6 heteroatoms. The van der Waals surface area contributed by atoms with Gasteiger partial charge in [-0.15, -0.1) is 0 Å². The highest BCUT2D eigenvalue weighted by Gasteiger charge is 2.26. The van der Waals surface area contributed by atoms with Crippen molar-refractivity contribution in [1.82, 2.24) is 15.2 Å². The number of pyridine rings is 1. The lowest BCUT2D eigenvalue weighted by atomic mass is 10.1. The molecule has 26 heavy (non-hydrogen) atoms. The van der Waals surface area contributed by atoms with Gasteiger partial charge in [-0.2, -0.15) is 15.5 Å². The Kier molecular flexibility index (Phi) is 4.30. The normalized spacial score (nSPS) is 13.2. The lowest BCUT2D eigenvalue weighted by Crippen LogP contribution is -1.98. The molecule has 0 saturated heterocycles. The van der Waals surface area contributed by atoms with E-state index in [4.69, 9.17) is 10.5 Å². The molecule has 0 unspecified atom stereocenters. The first-order chi connectivity index (χ1) is 12.8. The Morgan fingerprint density at radius 3 is 2.73 bits per heavy atom. The van der Waals surface area contributed by atoms with Crippen LogP contribution in [0.3, 0.4) is 0 Å². The lowest BCUT2D eigenvalue weighted by molar-refractivity contribution is 0.478. The Hall–Kier alpha value is -3.30. The van der Waals surface area contributed by atoms with Crippen molar-refractivity contribution in [3.63, 3.8) is 0 Å². The molecule has 2 aromatic heterocycles. The van der Waals surface area contributed by atoms with Crippen LogP contribution in [-0.4, -0.2) is 15.2 Å². The van der Waals surface area contributed by atoms with E-state index in [-0.39, 0.29) is 0 Å². The van der Waals surface area contributed by atoms with Gasteiger partial charge in [0.15, 0.2) is 0 Å². The van der Waals surface area contributed by atoms with Gasteiger partial charge in [0.1, 0.15) is 11.5 Å². The van der Waals surface area contributed by atoms with E-state index in [1.807, 2.05) is 24.3 Å². The van der Waals surface area contributed by atoms with Gasteiger partial charge in [0.05, 0.1) is 29.2 Å². The molecule has 1 fully saturated rings. The van der Waals surface area contributed by atoms with Crippen LogP contribution in [0, 0.1) is 11.3 Å². The van der Waals surface area contributed by atoms with E-state index >= 15 is 0 Å². The Labute approximate surface area is 151 Å². The van der Waals surface area contributed by atoms with Gasteiger partial charge in [0.25, 0.3) is 0 Å². The van der Waals surface area contributed by atoms with E-state index in [2.05, 4.69) is 21.3 Å². The highest BCUT2D eigenvalue weighted by molar-refractivity contribution is 5.69. The number of nitrogens with two attached hydrogens (primary N) is 1. The first-order valence-corrected chi connectivity index (χ1v) is 8.47. The zero-order valence-corrected chi connectivity index (χ0v) is 14.1. The fourth-order valence-corrected chi connectivity index (χ4v) is 2.72. The predicted octanol–water partition coefficient (Wildman–Crippen LogP) is 3.54. The van der Waals surface area contributed by atoms with Gasteiger partial charge in [-0.3, -0.25) is 4.98 Å². The molecule has 2 N–H and O–H groups in total. The molecule has 0 aliphatic heterocycles. The maximum Gasteiger partial charge on any atom is 0.149 e. The van der Waals surface area contributed by atoms with Crippen LogP contribution in [0.15, 0.2) is 48.8 Å². The summed E-state index contributed by atoms with van der Waals surface area (Å²) in [6.07, 6.45) is 5.62. The second-order valence-corrected chi connectivity index (χ2v) is 6.27. The number of ether oxygens (including phenoxy) is 1. The summed E-state index contributed by atoms with van der Waals surface area (Å²) < 4.78 is 6.06. The Balaban J connectivity index is 1.71. The molecular formula is C20H17N5O. The predicted molar refractivity (Wildman–Crippen MR) is 96.4 cm³/mol. The third-order valence-electron chi connectivity index (χ3n) is 4.32. The van der Waals surface area contributed by atoms with Crippen molar-refractivity contribution in [1.29, 1.82) is 5.26 Å². The summed E-state index contributed by atoms with van der Waals surface area (Å²) in [5.41, 5.74) is 9.62. The minimum absolute atomic E-state index is 0.441. The van der Waals surface area contributed by atoms with E-state index in [0.29, 0.717) is 29.5 Å². The molecule has 2 heterocycles. The average molecular weight is 343 g/mol. The summed E-state index contributed by atoms with van der Waals surface area (Å²) in [5.74, 6) is 1.66. The minimum atomic E-state index is 0.441. The standard InChI is InChI=1S/C20H17N5O/c21-9-13-1-5-17(18-6-2-14(10-22)11-23-18)20(7-13)26-16-8-19(15-3-4-15)25-24-12-16/h1-2,5-8,11-12,15H,3-4,10,22H2. The number of aromatic nitrogens is 3. The smallest absolute Gasteiger partial charge is 0.149 e. The molecule has 4 rings (SSSR count). The van der Waals surface area contributed by atoms with Gasteiger partial charge in [-0.25, -0.2) is 0 Å². The van der Waals surface area contributed by atoms with Gasteiger partial charge in [0, 0.05) is 30.3 Å². The molecule has 0 amide bonds. The highest BCUT2D eigenvalue weighted by Crippen LogP contribution is 2.40. The van der Waals surface area contributed by atoms with E-state index in [1.165, 1.54) is 0 Å². The number of benzene rings is 1. The molecule has 1 aromatic carbocycles. The van der Waals surface area contributed by atoms with Crippen molar-refractivity contribution in [2.75, 3.05) is 0 Å². The van der Waals surface area contributed by atoms with Crippen LogP contribution in [0.4, 0.5) is 0 Å². The Morgan fingerprint density at radius 1 is 1.15 bits per heavy atom. The van der Waals surface area contributed by atoms with Gasteiger partial charge >= 0.3 is 0 Å². The van der Waals surface area contributed by atoms with E-state index in [0.717, 1.165) is 35.4 Å². The zero-order valence-electron chi connectivity index (χ0n) is 14.1. The molecule has 6 nitrogen and oxygen atoms in total. The first-order valence-electron chi connectivity index (χ1n) is 8.47. The molecule has 1 aliphatic carbocycles. The Bertz CT molecular complexity index is 974. The summed E-state index contributed by atoms with van der Waals surface area (Å²) in [6.45, 7) is 0.441.